The summed E-state index contributed by atoms with van der Waals surface area (Å²) in [5, 5.41) is 27.6. The average Bonchev–Trinajstić information content (AvgIpc) is 2.83. The van der Waals surface area contributed by atoms with Crippen LogP contribution in [-0.4, -0.2) is 30.0 Å². The minimum absolute atomic E-state index is 0.0512. The Morgan fingerprint density at radius 2 is 2.00 bits per heavy atom. The fraction of sp³-hybridized carbons (Fsp3) is 0.120. The van der Waals surface area contributed by atoms with Gasteiger partial charge in [0.05, 0.1) is 17.0 Å². The van der Waals surface area contributed by atoms with Crippen LogP contribution >= 0.6 is 0 Å². The van der Waals surface area contributed by atoms with E-state index in [2.05, 4.69) is 26.3 Å². The Bertz CT molecular complexity index is 1230. The lowest BCUT2D eigenvalue weighted by Gasteiger charge is -2.18. The summed E-state index contributed by atoms with van der Waals surface area (Å²) in [5.74, 6) is -0.122. The highest BCUT2D eigenvalue weighted by Gasteiger charge is 2.15. The third kappa shape index (κ3) is 6.26. The summed E-state index contributed by atoms with van der Waals surface area (Å²) in [5.41, 5.74) is 3.03. The van der Waals surface area contributed by atoms with Crippen molar-refractivity contribution in [2.24, 2.45) is 0 Å². The van der Waals surface area contributed by atoms with Crippen LogP contribution in [0.3, 0.4) is 0 Å². The molecule has 0 spiro atoms. The zero-order valence-electron chi connectivity index (χ0n) is 18.9. The van der Waals surface area contributed by atoms with Crippen LogP contribution in [0.4, 0.5) is 10.2 Å². The molecule has 1 aromatic heterocycles. The summed E-state index contributed by atoms with van der Waals surface area (Å²) in [4.78, 5) is 16.6. The monoisotopic (exact) mass is 459 g/mol. The molecule has 0 saturated carbocycles. The SMILES string of the molecule is CNC(=O)/C(C=N)=C1C=C(/C(=C/C(=N)NCc2ccccc2F)Nc2cccc(C)n2)C=CN\1. The van der Waals surface area contributed by atoms with Gasteiger partial charge < -0.3 is 26.7 Å². The molecule has 8 nitrogen and oxygen atoms in total. The summed E-state index contributed by atoms with van der Waals surface area (Å²) < 4.78 is 13.9. The van der Waals surface area contributed by atoms with Gasteiger partial charge in [0.25, 0.3) is 5.91 Å². The van der Waals surface area contributed by atoms with E-state index in [1.54, 1.807) is 48.7 Å². The summed E-state index contributed by atoms with van der Waals surface area (Å²) in [6, 6.07) is 11.9. The molecule has 6 N–H and O–H groups in total. The number of carbonyl (C=O) groups excluding carboxylic acids is 1. The van der Waals surface area contributed by atoms with Gasteiger partial charge in [-0.2, -0.15) is 0 Å². The first kappa shape index (κ1) is 24.1. The van der Waals surface area contributed by atoms with Crippen molar-refractivity contribution in [3.63, 3.8) is 0 Å². The summed E-state index contributed by atoms with van der Waals surface area (Å²) in [7, 11) is 1.49. The van der Waals surface area contributed by atoms with E-state index in [4.69, 9.17) is 10.8 Å². The number of anilines is 1. The van der Waals surface area contributed by atoms with Crippen molar-refractivity contribution in [1.82, 2.24) is 20.9 Å². The molecule has 1 aliphatic rings. The standard InChI is InChI=1S/C25H26FN7O/c1-16-6-5-9-24(32-16)33-21(13-23(28)31-15-18-7-3-4-8-20(18)26)17-10-11-30-22(12-17)19(14-27)25(34)29-2/h3-14,27,30H,15H2,1-2H3,(H2,28,31)(H,29,34)(H,32,33)/b21-13-,22-19+,27-14?. The van der Waals surface area contributed by atoms with Gasteiger partial charge in [-0.15, -0.1) is 0 Å². The first-order valence-corrected chi connectivity index (χ1v) is 10.5. The lowest BCUT2D eigenvalue weighted by atomic mass is 10.0. The van der Waals surface area contributed by atoms with E-state index in [9.17, 15) is 9.18 Å². The van der Waals surface area contributed by atoms with Crippen molar-refractivity contribution in [2.45, 2.75) is 13.5 Å². The minimum atomic E-state index is -0.401. The highest BCUT2D eigenvalue weighted by molar-refractivity contribution is 6.12. The van der Waals surface area contributed by atoms with Crippen LogP contribution in [0, 0.1) is 23.6 Å². The Kier molecular flexibility index (Phi) is 8.07. The van der Waals surface area contributed by atoms with E-state index < -0.39 is 5.91 Å². The molecule has 2 heterocycles. The van der Waals surface area contributed by atoms with Crippen molar-refractivity contribution in [3.8, 4) is 0 Å². The Balaban J connectivity index is 1.94. The van der Waals surface area contributed by atoms with Gasteiger partial charge in [-0.3, -0.25) is 10.2 Å². The zero-order chi connectivity index (χ0) is 24.5. The first-order chi connectivity index (χ1) is 16.4. The van der Waals surface area contributed by atoms with Gasteiger partial charge in [0, 0.05) is 48.9 Å². The molecular formula is C25H26FN7O. The molecule has 34 heavy (non-hydrogen) atoms. The maximum Gasteiger partial charge on any atom is 0.254 e. The largest absolute Gasteiger partial charge is 0.366 e. The third-order valence-corrected chi connectivity index (χ3v) is 4.89. The fourth-order valence-electron chi connectivity index (χ4n) is 3.16. The molecule has 2 aromatic rings. The number of amides is 1. The van der Waals surface area contributed by atoms with Gasteiger partial charge in [0.1, 0.15) is 17.5 Å². The number of dihydropyridines is 1. The number of likely N-dealkylation sites (N-methyl/N-ethyl adjacent to an activating group) is 1. The first-order valence-electron chi connectivity index (χ1n) is 10.5. The number of benzene rings is 1. The highest BCUT2D eigenvalue weighted by atomic mass is 19.1. The second kappa shape index (κ2) is 11.4. The Hall–Kier alpha value is -4.53. The van der Waals surface area contributed by atoms with Gasteiger partial charge in [0.2, 0.25) is 0 Å². The van der Waals surface area contributed by atoms with Crippen molar-refractivity contribution in [3.05, 3.63) is 107 Å². The predicted molar refractivity (Wildman–Crippen MR) is 132 cm³/mol. The molecule has 1 aromatic carbocycles. The van der Waals surface area contributed by atoms with Crippen LogP contribution in [0.15, 0.2) is 89.4 Å². The van der Waals surface area contributed by atoms with Crippen LogP contribution in [-0.2, 0) is 11.3 Å². The normalized spacial score (nSPS) is 14.4. The molecule has 0 radical (unpaired) electrons. The van der Waals surface area contributed by atoms with E-state index >= 15 is 0 Å². The van der Waals surface area contributed by atoms with Crippen molar-refractivity contribution in [1.29, 1.82) is 10.8 Å². The maximum absolute atomic E-state index is 13.9. The number of rotatable bonds is 8. The summed E-state index contributed by atoms with van der Waals surface area (Å²) in [6.07, 6.45) is 7.66. The molecule has 0 saturated heterocycles. The second-order valence-corrected chi connectivity index (χ2v) is 7.33. The third-order valence-electron chi connectivity index (χ3n) is 4.89. The summed E-state index contributed by atoms with van der Waals surface area (Å²) >= 11 is 0. The Morgan fingerprint density at radius 1 is 1.21 bits per heavy atom. The number of nitrogens with one attached hydrogen (secondary N) is 6. The molecule has 1 aliphatic heterocycles. The number of allylic oxidation sites excluding steroid dienone is 2. The molecule has 0 aliphatic carbocycles. The molecule has 3 rings (SSSR count). The topological polar surface area (TPSA) is 126 Å². The fourth-order valence-corrected chi connectivity index (χ4v) is 3.16. The van der Waals surface area contributed by atoms with Gasteiger partial charge >= 0.3 is 0 Å². The lowest BCUT2D eigenvalue weighted by molar-refractivity contribution is -0.116. The van der Waals surface area contributed by atoms with Crippen LogP contribution < -0.4 is 21.3 Å². The average molecular weight is 460 g/mol. The van der Waals surface area contributed by atoms with E-state index in [-0.39, 0.29) is 23.8 Å². The number of halogens is 1. The molecule has 0 fully saturated rings. The molecule has 1 amide bonds. The molecule has 0 atom stereocenters. The maximum atomic E-state index is 13.9. The van der Waals surface area contributed by atoms with Gasteiger partial charge in [-0.05, 0) is 37.3 Å². The molecule has 174 valence electrons. The Morgan fingerprint density at radius 3 is 2.71 bits per heavy atom. The predicted octanol–water partition coefficient (Wildman–Crippen LogP) is 3.28. The zero-order valence-corrected chi connectivity index (χ0v) is 18.9. The van der Waals surface area contributed by atoms with Crippen LogP contribution in [0.2, 0.25) is 0 Å². The van der Waals surface area contributed by atoms with Crippen LogP contribution in [0.5, 0.6) is 0 Å². The number of amidine groups is 1. The Labute approximate surface area is 197 Å². The number of aromatic nitrogens is 1. The van der Waals surface area contributed by atoms with E-state index in [1.165, 1.54) is 13.1 Å². The summed E-state index contributed by atoms with van der Waals surface area (Å²) in [6.45, 7) is 2.02. The highest BCUT2D eigenvalue weighted by Crippen LogP contribution is 2.21. The quantitative estimate of drug-likeness (QED) is 0.205. The van der Waals surface area contributed by atoms with E-state index in [1.807, 2.05) is 19.1 Å². The lowest BCUT2D eigenvalue weighted by Crippen LogP contribution is -2.25. The van der Waals surface area contributed by atoms with Gasteiger partial charge in [-0.1, -0.05) is 24.3 Å². The molecular weight excluding hydrogens is 433 g/mol. The van der Waals surface area contributed by atoms with Crippen molar-refractivity contribution >= 4 is 23.8 Å². The molecule has 9 heteroatoms. The van der Waals surface area contributed by atoms with E-state index in [0.29, 0.717) is 28.3 Å². The number of hydrogen-bond acceptors (Lipinski definition) is 6. The van der Waals surface area contributed by atoms with E-state index in [0.717, 1.165) is 11.9 Å². The van der Waals surface area contributed by atoms with Crippen molar-refractivity contribution < 1.29 is 9.18 Å². The number of hydrogen-bond donors (Lipinski definition) is 6. The number of pyridine rings is 1. The van der Waals surface area contributed by atoms with Gasteiger partial charge in [0.15, 0.2) is 0 Å². The van der Waals surface area contributed by atoms with Gasteiger partial charge in [-0.25, -0.2) is 9.37 Å². The minimum Gasteiger partial charge on any atom is -0.366 e. The molecule has 0 unspecified atom stereocenters. The smallest absolute Gasteiger partial charge is 0.254 e. The molecule has 0 bridgehead atoms. The number of carbonyl (C=O) groups is 1. The number of nitrogens with zero attached hydrogens (tertiary/aromatic N) is 1. The number of aryl methyl sites for hydroxylation is 1. The van der Waals surface area contributed by atoms with Crippen molar-refractivity contribution in [2.75, 3.05) is 12.4 Å². The van der Waals surface area contributed by atoms with Crippen LogP contribution in [0.1, 0.15) is 11.3 Å². The second-order valence-electron chi connectivity index (χ2n) is 7.33. The van der Waals surface area contributed by atoms with Crippen LogP contribution in [0.25, 0.3) is 0 Å².